The molecule has 5 nitrogen and oxygen atoms in total. The van der Waals surface area contributed by atoms with Crippen molar-refractivity contribution in [1.29, 1.82) is 0 Å². The molecule has 0 aromatic heterocycles. The average molecular weight is 397 g/mol. The fraction of sp³-hybridized carbons (Fsp3) is 0.391. The minimum Gasteiger partial charge on any atom is -0.353 e. The number of amides is 2. The van der Waals surface area contributed by atoms with Crippen LogP contribution in [0.15, 0.2) is 48.5 Å². The average Bonchev–Trinajstić information content (AvgIpc) is 2.72. The first-order valence-corrected chi connectivity index (χ1v) is 10.1. The third-order valence-corrected chi connectivity index (χ3v) is 5.28. The van der Waals surface area contributed by atoms with E-state index in [4.69, 9.17) is 0 Å². The minimum atomic E-state index is -0.644. The molecule has 2 amide bonds. The van der Waals surface area contributed by atoms with Gasteiger partial charge in [-0.25, -0.2) is 4.39 Å². The van der Waals surface area contributed by atoms with Crippen molar-refractivity contribution in [1.82, 2.24) is 15.5 Å². The molecule has 2 aromatic rings. The number of rotatable bonds is 7. The second-order valence-electron chi connectivity index (χ2n) is 7.79. The van der Waals surface area contributed by atoms with Crippen LogP contribution in [-0.4, -0.2) is 42.4 Å². The molecule has 0 fully saturated rings. The van der Waals surface area contributed by atoms with E-state index >= 15 is 0 Å². The zero-order valence-corrected chi connectivity index (χ0v) is 17.0. The molecule has 0 saturated carbocycles. The predicted octanol–water partition coefficient (Wildman–Crippen LogP) is 2.75. The van der Waals surface area contributed by atoms with Gasteiger partial charge in [-0.2, -0.15) is 0 Å². The molecule has 0 saturated heterocycles. The van der Waals surface area contributed by atoms with Crippen LogP contribution in [0.1, 0.15) is 35.3 Å². The van der Waals surface area contributed by atoms with E-state index in [1.54, 1.807) is 0 Å². The van der Waals surface area contributed by atoms with E-state index in [9.17, 15) is 14.0 Å². The molecular weight excluding hydrogens is 369 g/mol. The number of fused-ring (bicyclic) bond motifs is 1. The van der Waals surface area contributed by atoms with Crippen molar-refractivity contribution in [3.63, 3.8) is 0 Å². The van der Waals surface area contributed by atoms with Crippen molar-refractivity contribution in [2.75, 3.05) is 19.6 Å². The number of carbonyl (C=O) groups is 2. The lowest BCUT2D eigenvalue weighted by atomic mass is 10.00. The molecular formula is C23H28FN3O2. The molecule has 0 radical (unpaired) electrons. The molecule has 0 spiro atoms. The number of nitrogens with one attached hydrogen (secondary N) is 2. The fourth-order valence-corrected chi connectivity index (χ4v) is 3.55. The molecule has 6 heteroatoms. The Kier molecular flexibility index (Phi) is 6.99. The first-order valence-electron chi connectivity index (χ1n) is 10.1. The van der Waals surface area contributed by atoms with Crippen molar-refractivity contribution in [3.8, 4) is 0 Å². The van der Waals surface area contributed by atoms with E-state index in [1.807, 2.05) is 13.8 Å². The van der Waals surface area contributed by atoms with Crippen LogP contribution in [0, 0.1) is 11.7 Å². The highest BCUT2D eigenvalue weighted by molar-refractivity contribution is 5.97. The summed E-state index contributed by atoms with van der Waals surface area (Å²) >= 11 is 0. The Bertz CT molecular complexity index is 851. The standard InChI is InChI=1S/C23H28FN3O2/c1-16(2)21(26-22(28)18-7-9-20(24)10-8-18)23(29)25-12-14-27-13-11-17-5-3-4-6-19(17)15-27/h3-10,16,21H,11-15H2,1-2H3,(H,25,29)(H,26,28)/t21-/m1/s1. The van der Waals surface area contributed by atoms with Crippen LogP contribution in [0.25, 0.3) is 0 Å². The van der Waals surface area contributed by atoms with Gasteiger partial charge in [0.1, 0.15) is 11.9 Å². The van der Waals surface area contributed by atoms with Crippen LogP contribution in [0.2, 0.25) is 0 Å². The van der Waals surface area contributed by atoms with Crippen LogP contribution < -0.4 is 10.6 Å². The highest BCUT2D eigenvalue weighted by Gasteiger charge is 2.25. The van der Waals surface area contributed by atoms with Crippen LogP contribution in [0.4, 0.5) is 4.39 Å². The SMILES string of the molecule is CC(C)[C@@H](NC(=O)c1ccc(F)cc1)C(=O)NCCN1CCc2ccccc2C1. The van der Waals surface area contributed by atoms with Gasteiger partial charge < -0.3 is 10.6 Å². The van der Waals surface area contributed by atoms with Crippen molar-refractivity contribution >= 4 is 11.8 Å². The molecule has 0 aliphatic carbocycles. The van der Waals surface area contributed by atoms with Gasteiger partial charge in [0.05, 0.1) is 0 Å². The lowest BCUT2D eigenvalue weighted by molar-refractivity contribution is -0.124. The summed E-state index contributed by atoms with van der Waals surface area (Å²) < 4.78 is 13.0. The Morgan fingerprint density at radius 2 is 1.76 bits per heavy atom. The molecule has 29 heavy (non-hydrogen) atoms. The van der Waals surface area contributed by atoms with Crippen molar-refractivity contribution in [2.45, 2.75) is 32.9 Å². The summed E-state index contributed by atoms with van der Waals surface area (Å²) in [6.45, 7) is 6.92. The Balaban J connectivity index is 1.49. The minimum absolute atomic E-state index is 0.0683. The van der Waals surface area contributed by atoms with E-state index < -0.39 is 11.9 Å². The second kappa shape index (κ2) is 9.65. The van der Waals surface area contributed by atoms with Gasteiger partial charge in [0.15, 0.2) is 0 Å². The number of hydrogen-bond donors (Lipinski definition) is 2. The van der Waals surface area contributed by atoms with Crippen LogP contribution in [0.3, 0.4) is 0 Å². The molecule has 2 aromatic carbocycles. The van der Waals surface area contributed by atoms with Crippen molar-refractivity contribution < 1.29 is 14.0 Å². The van der Waals surface area contributed by atoms with Gasteiger partial charge in [-0.15, -0.1) is 0 Å². The van der Waals surface area contributed by atoms with Gasteiger partial charge in [-0.3, -0.25) is 14.5 Å². The van der Waals surface area contributed by atoms with E-state index in [-0.39, 0.29) is 17.7 Å². The van der Waals surface area contributed by atoms with Crippen LogP contribution in [-0.2, 0) is 17.8 Å². The van der Waals surface area contributed by atoms with Gasteiger partial charge in [0.2, 0.25) is 5.91 Å². The Hall–Kier alpha value is -2.73. The molecule has 1 aliphatic heterocycles. The summed E-state index contributed by atoms with van der Waals surface area (Å²) in [6.07, 6.45) is 1.02. The molecule has 1 aliphatic rings. The van der Waals surface area contributed by atoms with Gasteiger partial charge >= 0.3 is 0 Å². The Morgan fingerprint density at radius 1 is 1.07 bits per heavy atom. The van der Waals surface area contributed by atoms with Gasteiger partial charge in [-0.05, 0) is 47.7 Å². The monoisotopic (exact) mass is 397 g/mol. The van der Waals surface area contributed by atoms with E-state index in [0.29, 0.717) is 12.1 Å². The zero-order chi connectivity index (χ0) is 20.8. The molecule has 1 atom stereocenters. The third kappa shape index (κ3) is 5.64. The highest BCUT2D eigenvalue weighted by atomic mass is 19.1. The number of carbonyl (C=O) groups excluding carboxylic acids is 2. The molecule has 3 rings (SSSR count). The second-order valence-corrected chi connectivity index (χ2v) is 7.79. The summed E-state index contributed by atoms with van der Waals surface area (Å²) in [5.74, 6) is -1.05. The maximum Gasteiger partial charge on any atom is 0.251 e. The number of hydrogen-bond acceptors (Lipinski definition) is 3. The maximum atomic E-state index is 13.0. The Morgan fingerprint density at radius 3 is 2.45 bits per heavy atom. The predicted molar refractivity (Wildman–Crippen MR) is 111 cm³/mol. The quantitative estimate of drug-likeness (QED) is 0.755. The van der Waals surface area contributed by atoms with E-state index in [1.165, 1.54) is 35.4 Å². The molecule has 154 valence electrons. The summed E-state index contributed by atoms with van der Waals surface area (Å²) in [5, 5.41) is 5.71. The van der Waals surface area contributed by atoms with E-state index in [0.717, 1.165) is 26.1 Å². The molecule has 2 N–H and O–H groups in total. The van der Waals surface area contributed by atoms with Gasteiger partial charge in [-0.1, -0.05) is 38.1 Å². The number of nitrogens with zero attached hydrogens (tertiary/aromatic N) is 1. The lowest BCUT2D eigenvalue weighted by Gasteiger charge is -2.29. The van der Waals surface area contributed by atoms with Gasteiger partial charge in [0, 0.05) is 31.7 Å². The van der Waals surface area contributed by atoms with Crippen molar-refractivity contribution in [2.24, 2.45) is 5.92 Å². The summed E-state index contributed by atoms with van der Waals surface area (Å²) in [6, 6.07) is 13.1. The third-order valence-electron chi connectivity index (χ3n) is 5.28. The molecule has 0 bridgehead atoms. The summed E-state index contributed by atoms with van der Waals surface area (Å²) in [5.41, 5.74) is 3.07. The molecule has 0 unspecified atom stereocenters. The highest BCUT2D eigenvalue weighted by Crippen LogP contribution is 2.17. The smallest absolute Gasteiger partial charge is 0.251 e. The zero-order valence-electron chi connectivity index (χ0n) is 17.0. The number of benzene rings is 2. The lowest BCUT2D eigenvalue weighted by Crippen LogP contribution is -2.51. The topological polar surface area (TPSA) is 61.4 Å². The first kappa shape index (κ1) is 21.0. The van der Waals surface area contributed by atoms with Crippen LogP contribution >= 0.6 is 0 Å². The normalized spacial score (nSPS) is 14.9. The van der Waals surface area contributed by atoms with E-state index in [2.05, 4.69) is 39.8 Å². The summed E-state index contributed by atoms with van der Waals surface area (Å²) in [4.78, 5) is 27.4. The Labute approximate surface area is 171 Å². The summed E-state index contributed by atoms with van der Waals surface area (Å²) in [7, 11) is 0. The fourth-order valence-electron chi connectivity index (χ4n) is 3.55. The maximum absolute atomic E-state index is 13.0. The van der Waals surface area contributed by atoms with Crippen LogP contribution in [0.5, 0.6) is 0 Å². The first-order chi connectivity index (χ1) is 13.9. The van der Waals surface area contributed by atoms with Crippen molar-refractivity contribution in [3.05, 3.63) is 71.0 Å². The largest absolute Gasteiger partial charge is 0.353 e. The van der Waals surface area contributed by atoms with Gasteiger partial charge in [0.25, 0.3) is 5.91 Å². The molecule has 1 heterocycles. The number of halogens is 1.